The van der Waals surface area contributed by atoms with Crippen LogP contribution in [0, 0.1) is 0 Å². The maximum absolute atomic E-state index is 12.5. The van der Waals surface area contributed by atoms with Crippen molar-refractivity contribution >= 4 is 12.1 Å². The van der Waals surface area contributed by atoms with E-state index in [1.54, 1.807) is 63.8 Å². The molecule has 0 spiro atoms. The Labute approximate surface area is 173 Å². The van der Waals surface area contributed by atoms with E-state index in [0.29, 0.717) is 28.6 Å². The van der Waals surface area contributed by atoms with Crippen LogP contribution in [0.4, 0.5) is 0 Å². The van der Waals surface area contributed by atoms with Crippen LogP contribution in [0.1, 0.15) is 16.1 Å². The van der Waals surface area contributed by atoms with E-state index in [9.17, 15) is 4.79 Å². The molecular formula is C21H20N4O5. The average molecular weight is 408 g/mol. The van der Waals surface area contributed by atoms with E-state index in [0.717, 1.165) is 0 Å². The quantitative estimate of drug-likeness (QED) is 0.451. The van der Waals surface area contributed by atoms with Crippen molar-refractivity contribution < 1.29 is 23.7 Å². The molecule has 0 fully saturated rings. The number of methoxy groups -OCH3 is 3. The van der Waals surface area contributed by atoms with Crippen LogP contribution in [0.3, 0.4) is 0 Å². The summed E-state index contributed by atoms with van der Waals surface area (Å²) in [5.41, 5.74) is 3.09. The molecule has 2 aromatic carbocycles. The van der Waals surface area contributed by atoms with E-state index in [2.05, 4.69) is 20.5 Å². The zero-order valence-corrected chi connectivity index (χ0v) is 16.7. The fourth-order valence-electron chi connectivity index (χ4n) is 2.43. The van der Waals surface area contributed by atoms with E-state index < -0.39 is 5.91 Å². The van der Waals surface area contributed by atoms with Gasteiger partial charge in [0.15, 0.2) is 5.69 Å². The third-order valence-corrected chi connectivity index (χ3v) is 3.91. The van der Waals surface area contributed by atoms with Gasteiger partial charge in [-0.3, -0.25) is 4.79 Å². The average Bonchev–Trinajstić information content (AvgIpc) is 2.79. The number of aromatic nitrogens is 2. The van der Waals surface area contributed by atoms with Gasteiger partial charge < -0.3 is 18.9 Å². The predicted octanol–water partition coefficient (Wildman–Crippen LogP) is 3.06. The lowest BCUT2D eigenvalue weighted by molar-refractivity contribution is 0.0947. The molecule has 0 aliphatic heterocycles. The maximum Gasteiger partial charge on any atom is 0.295 e. The lowest BCUT2D eigenvalue weighted by Gasteiger charge is -2.08. The first-order valence-electron chi connectivity index (χ1n) is 8.82. The molecule has 0 saturated heterocycles. The van der Waals surface area contributed by atoms with Gasteiger partial charge in [-0.05, 0) is 36.4 Å². The van der Waals surface area contributed by atoms with Gasteiger partial charge in [0.2, 0.25) is 0 Å². The van der Waals surface area contributed by atoms with Gasteiger partial charge in [-0.15, -0.1) is 0 Å². The summed E-state index contributed by atoms with van der Waals surface area (Å²) in [7, 11) is 4.68. The van der Waals surface area contributed by atoms with Crippen molar-refractivity contribution in [1.29, 1.82) is 0 Å². The number of rotatable bonds is 8. The third kappa shape index (κ3) is 5.22. The van der Waals surface area contributed by atoms with Crippen molar-refractivity contribution in [2.45, 2.75) is 0 Å². The lowest BCUT2D eigenvalue weighted by Crippen LogP contribution is -2.20. The SMILES string of the molecule is COc1ccc(Oc2nccnc2C(=O)N/N=C/c2cc(OC)cc(OC)c2)cc1. The van der Waals surface area contributed by atoms with Crippen molar-refractivity contribution in [3.63, 3.8) is 0 Å². The van der Waals surface area contributed by atoms with Gasteiger partial charge in [0.05, 0.1) is 27.5 Å². The standard InChI is InChI=1S/C21H20N4O5/c1-27-15-4-6-16(7-5-15)30-21-19(22-8-9-23-21)20(26)25-24-13-14-10-17(28-2)12-18(11-14)29-3/h4-13H,1-3H3,(H,25,26)/b24-13+. The maximum atomic E-state index is 12.5. The molecule has 1 aromatic heterocycles. The number of carbonyl (C=O) groups is 1. The van der Waals surface area contributed by atoms with E-state index in [1.165, 1.54) is 18.6 Å². The molecule has 3 rings (SSSR count). The highest BCUT2D eigenvalue weighted by molar-refractivity contribution is 5.95. The highest BCUT2D eigenvalue weighted by atomic mass is 16.5. The topological polar surface area (TPSA) is 104 Å². The summed E-state index contributed by atoms with van der Waals surface area (Å²) in [5.74, 6) is 1.86. The minimum absolute atomic E-state index is 0.00584. The number of amides is 1. The van der Waals surface area contributed by atoms with Crippen molar-refractivity contribution in [1.82, 2.24) is 15.4 Å². The molecule has 154 valence electrons. The molecule has 1 N–H and O–H groups in total. The van der Waals surface area contributed by atoms with Crippen LogP contribution in [0.2, 0.25) is 0 Å². The number of carbonyl (C=O) groups excluding carboxylic acids is 1. The minimum Gasteiger partial charge on any atom is -0.497 e. The Kier molecular flexibility index (Phi) is 6.78. The molecule has 9 heteroatoms. The first-order chi connectivity index (χ1) is 14.6. The smallest absolute Gasteiger partial charge is 0.295 e. The summed E-state index contributed by atoms with van der Waals surface area (Å²) in [6.45, 7) is 0. The van der Waals surface area contributed by atoms with Gasteiger partial charge in [-0.2, -0.15) is 5.10 Å². The van der Waals surface area contributed by atoms with Gasteiger partial charge in [0.25, 0.3) is 11.8 Å². The van der Waals surface area contributed by atoms with E-state index >= 15 is 0 Å². The molecule has 9 nitrogen and oxygen atoms in total. The summed E-state index contributed by atoms with van der Waals surface area (Å²) < 4.78 is 21.2. The van der Waals surface area contributed by atoms with Gasteiger partial charge >= 0.3 is 0 Å². The second-order valence-corrected chi connectivity index (χ2v) is 5.83. The molecule has 0 unspecified atom stereocenters. The van der Waals surface area contributed by atoms with Crippen LogP contribution < -0.4 is 24.4 Å². The number of hydrazone groups is 1. The number of nitrogens with zero attached hydrogens (tertiary/aromatic N) is 3. The van der Waals surface area contributed by atoms with Crippen molar-refractivity contribution in [2.75, 3.05) is 21.3 Å². The Morgan fingerprint density at radius 3 is 2.10 bits per heavy atom. The highest BCUT2D eigenvalue weighted by Gasteiger charge is 2.16. The fourth-order valence-corrected chi connectivity index (χ4v) is 2.43. The Morgan fingerprint density at radius 2 is 1.47 bits per heavy atom. The molecule has 1 heterocycles. The van der Waals surface area contributed by atoms with Crippen LogP contribution in [-0.2, 0) is 0 Å². The number of hydrogen-bond donors (Lipinski definition) is 1. The van der Waals surface area contributed by atoms with Crippen molar-refractivity contribution in [3.8, 4) is 28.9 Å². The van der Waals surface area contributed by atoms with Crippen molar-refractivity contribution in [3.05, 3.63) is 66.1 Å². The molecule has 0 saturated carbocycles. The Morgan fingerprint density at radius 1 is 0.867 bits per heavy atom. The molecule has 3 aromatic rings. The zero-order chi connectivity index (χ0) is 21.3. The normalized spacial score (nSPS) is 10.5. The zero-order valence-electron chi connectivity index (χ0n) is 16.7. The molecule has 1 amide bonds. The number of benzene rings is 2. The summed E-state index contributed by atoms with van der Waals surface area (Å²) in [6.07, 6.45) is 4.29. The molecule has 0 radical (unpaired) electrons. The van der Waals surface area contributed by atoms with Crippen LogP contribution in [0.5, 0.6) is 28.9 Å². The van der Waals surface area contributed by atoms with Gasteiger partial charge in [0.1, 0.15) is 23.0 Å². The molecule has 0 aliphatic rings. The minimum atomic E-state index is -0.572. The molecule has 0 aliphatic carbocycles. The number of hydrogen-bond acceptors (Lipinski definition) is 8. The Bertz CT molecular complexity index is 1020. The van der Waals surface area contributed by atoms with Gasteiger partial charge in [0, 0.05) is 24.0 Å². The van der Waals surface area contributed by atoms with Crippen molar-refractivity contribution in [2.24, 2.45) is 5.10 Å². The summed E-state index contributed by atoms with van der Waals surface area (Å²) in [5, 5.41) is 3.96. The number of ether oxygens (including phenoxy) is 4. The second-order valence-electron chi connectivity index (χ2n) is 5.83. The van der Waals surface area contributed by atoms with E-state index in [-0.39, 0.29) is 11.6 Å². The number of nitrogens with one attached hydrogen (secondary N) is 1. The third-order valence-electron chi connectivity index (χ3n) is 3.91. The molecule has 0 atom stereocenters. The van der Waals surface area contributed by atoms with Crippen LogP contribution in [0.15, 0.2) is 60.0 Å². The van der Waals surface area contributed by atoms with Gasteiger partial charge in [-0.1, -0.05) is 0 Å². The summed E-state index contributed by atoms with van der Waals surface area (Å²) in [4.78, 5) is 20.7. The van der Waals surface area contributed by atoms with Gasteiger partial charge in [-0.25, -0.2) is 15.4 Å². The largest absolute Gasteiger partial charge is 0.497 e. The highest BCUT2D eigenvalue weighted by Crippen LogP contribution is 2.24. The fraction of sp³-hybridized carbons (Fsp3) is 0.143. The summed E-state index contributed by atoms with van der Waals surface area (Å²) in [6, 6.07) is 12.1. The second kappa shape index (κ2) is 9.87. The molecule has 0 bridgehead atoms. The molecular weight excluding hydrogens is 388 g/mol. The predicted molar refractivity (Wildman–Crippen MR) is 110 cm³/mol. The van der Waals surface area contributed by atoms with E-state index in [1.807, 2.05) is 0 Å². The first-order valence-corrected chi connectivity index (χ1v) is 8.82. The van der Waals surface area contributed by atoms with E-state index in [4.69, 9.17) is 18.9 Å². The van der Waals surface area contributed by atoms with Crippen LogP contribution >= 0.6 is 0 Å². The Balaban J connectivity index is 1.72. The first kappa shape index (κ1) is 20.6. The van der Waals surface area contributed by atoms with Crippen LogP contribution in [-0.4, -0.2) is 43.4 Å². The monoisotopic (exact) mass is 408 g/mol. The van der Waals surface area contributed by atoms with Crippen LogP contribution in [0.25, 0.3) is 0 Å². The summed E-state index contributed by atoms with van der Waals surface area (Å²) >= 11 is 0. The molecule has 30 heavy (non-hydrogen) atoms. The lowest BCUT2D eigenvalue weighted by atomic mass is 10.2. The Hall–Kier alpha value is -4.14.